The van der Waals surface area contributed by atoms with Crippen molar-refractivity contribution < 1.29 is 24.2 Å². The maximum Gasteiger partial charge on any atom is 0.348 e. The number of hydrogen-bond acceptors (Lipinski definition) is 5. The number of aliphatic hydroxyl groups is 1. The van der Waals surface area contributed by atoms with Crippen LogP contribution in [0.25, 0.3) is 0 Å². The quantitative estimate of drug-likeness (QED) is 0.623. The average Bonchev–Trinajstić information content (AvgIpc) is 2.82. The minimum atomic E-state index is -2.08. The molecule has 0 radical (unpaired) electrons. The molecule has 156 valence electrons. The summed E-state index contributed by atoms with van der Waals surface area (Å²) >= 11 is 0. The van der Waals surface area contributed by atoms with Crippen molar-refractivity contribution in [3.63, 3.8) is 0 Å². The van der Waals surface area contributed by atoms with Gasteiger partial charge in [-0.05, 0) is 23.3 Å². The number of carbonyl (C=O) groups excluding carboxylic acids is 3. The molecule has 7 nitrogen and oxygen atoms in total. The second-order valence-corrected chi connectivity index (χ2v) is 7.06. The van der Waals surface area contributed by atoms with Crippen LogP contribution in [0, 0.1) is 0 Å². The zero-order valence-electron chi connectivity index (χ0n) is 16.5. The molecule has 0 unspecified atom stereocenters. The fourth-order valence-electron chi connectivity index (χ4n) is 3.53. The van der Waals surface area contributed by atoms with Crippen molar-refractivity contribution in [3.8, 4) is 0 Å². The first kappa shape index (κ1) is 20.3. The highest BCUT2D eigenvalue weighted by Gasteiger charge is 2.42. The van der Waals surface area contributed by atoms with E-state index in [0.717, 1.165) is 0 Å². The van der Waals surface area contributed by atoms with Gasteiger partial charge >= 0.3 is 5.97 Å². The molecule has 2 amide bonds. The van der Waals surface area contributed by atoms with E-state index in [4.69, 9.17) is 4.74 Å². The van der Waals surface area contributed by atoms with Crippen molar-refractivity contribution >= 4 is 29.2 Å². The fraction of sp³-hybridized carbons (Fsp3) is 0.125. The first-order valence-corrected chi connectivity index (χ1v) is 9.70. The molecule has 0 saturated heterocycles. The van der Waals surface area contributed by atoms with Gasteiger partial charge < -0.3 is 15.2 Å². The number of anilines is 2. The van der Waals surface area contributed by atoms with Gasteiger partial charge in [-0.1, -0.05) is 72.8 Å². The molecule has 0 aromatic heterocycles. The van der Waals surface area contributed by atoms with Gasteiger partial charge in [0.15, 0.2) is 6.61 Å². The summed E-state index contributed by atoms with van der Waals surface area (Å²) in [6.07, 6.45) is 0. The number of benzene rings is 3. The molecule has 0 atom stereocenters. The molecule has 1 aliphatic rings. The van der Waals surface area contributed by atoms with Crippen LogP contribution in [0.5, 0.6) is 0 Å². The molecule has 0 aliphatic carbocycles. The molecule has 0 bridgehead atoms. The van der Waals surface area contributed by atoms with Crippen LogP contribution in [0.4, 0.5) is 11.4 Å². The Kier molecular flexibility index (Phi) is 5.51. The van der Waals surface area contributed by atoms with E-state index in [1.807, 2.05) is 0 Å². The number of amides is 2. The maximum atomic E-state index is 13.0. The van der Waals surface area contributed by atoms with Crippen LogP contribution in [0.2, 0.25) is 0 Å². The highest BCUT2D eigenvalue weighted by atomic mass is 16.6. The van der Waals surface area contributed by atoms with Gasteiger partial charge in [0.2, 0.25) is 11.5 Å². The monoisotopic (exact) mass is 416 g/mol. The van der Waals surface area contributed by atoms with Crippen LogP contribution < -0.4 is 10.2 Å². The maximum absolute atomic E-state index is 13.0. The van der Waals surface area contributed by atoms with E-state index in [9.17, 15) is 19.5 Å². The van der Waals surface area contributed by atoms with E-state index in [-0.39, 0.29) is 12.5 Å². The zero-order chi connectivity index (χ0) is 21.8. The van der Waals surface area contributed by atoms with Crippen molar-refractivity contribution in [2.45, 2.75) is 5.60 Å². The lowest BCUT2D eigenvalue weighted by Crippen LogP contribution is -2.45. The molecule has 1 aliphatic heterocycles. The Labute approximate surface area is 178 Å². The Balaban J connectivity index is 1.57. The van der Waals surface area contributed by atoms with E-state index in [1.54, 1.807) is 84.9 Å². The Morgan fingerprint density at radius 2 is 1.45 bits per heavy atom. The summed E-state index contributed by atoms with van der Waals surface area (Å²) in [6, 6.07) is 23.6. The lowest BCUT2D eigenvalue weighted by atomic mass is 9.86. The summed E-state index contributed by atoms with van der Waals surface area (Å²) < 4.78 is 5.27. The summed E-state index contributed by atoms with van der Waals surface area (Å²) in [6.45, 7) is -0.808. The number of hydrogen-bond donors (Lipinski definition) is 2. The Morgan fingerprint density at radius 3 is 2.06 bits per heavy atom. The summed E-state index contributed by atoms with van der Waals surface area (Å²) in [7, 11) is 0. The number of nitrogens with zero attached hydrogens (tertiary/aromatic N) is 1. The van der Waals surface area contributed by atoms with E-state index >= 15 is 0 Å². The second-order valence-electron chi connectivity index (χ2n) is 7.06. The first-order chi connectivity index (χ1) is 15.0. The molecule has 2 N–H and O–H groups in total. The molecule has 4 rings (SSSR count). The molecule has 0 fully saturated rings. The standard InChI is InChI=1S/C24H20N2O5/c27-21-15-26(20-14-8-7-13-19(20)25-21)22(28)16-31-23(29)24(30,17-9-3-1-4-10-17)18-11-5-2-6-12-18/h1-14,30H,15-16H2,(H,25,27). The van der Waals surface area contributed by atoms with E-state index in [1.165, 1.54) is 4.90 Å². The minimum Gasteiger partial charge on any atom is -0.453 e. The largest absolute Gasteiger partial charge is 0.453 e. The zero-order valence-corrected chi connectivity index (χ0v) is 16.5. The predicted octanol–water partition coefficient (Wildman–Crippen LogP) is 2.45. The van der Waals surface area contributed by atoms with Crippen LogP contribution in [-0.2, 0) is 24.7 Å². The average molecular weight is 416 g/mol. The molecular formula is C24H20N2O5. The van der Waals surface area contributed by atoms with E-state index in [2.05, 4.69) is 5.32 Å². The number of nitrogens with one attached hydrogen (secondary N) is 1. The van der Waals surface area contributed by atoms with E-state index < -0.39 is 24.1 Å². The third-order valence-electron chi connectivity index (χ3n) is 5.08. The lowest BCUT2D eigenvalue weighted by Gasteiger charge is -2.30. The molecule has 3 aromatic rings. The van der Waals surface area contributed by atoms with Gasteiger partial charge in [-0.3, -0.25) is 14.5 Å². The number of rotatable bonds is 5. The molecule has 0 spiro atoms. The van der Waals surface area contributed by atoms with E-state index in [0.29, 0.717) is 22.5 Å². The predicted molar refractivity (Wildman–Crippen MR) is 114 cm³/mol. The lowest BCUT2D eigenvalue weighted by molar-refractivity contribution is -0.164. The van der Waals surface area contributed by atoms with Crippen LogP contribution in [0.3, 0.4) is 0 Å². The van der Waals surface area contributed by atoms with Gasteiger partial charge in [0.05, 0.1) is 11.4 Å². The number of esters is 1. The van der Waals surface area contributed by atoms with Gasteiger partial charge in [-0.25, -0.2) is 4.79 Å². The topological polar surface area (TPSA) is 95.9 Å². The molecule has 0 saturated carbocycles. The van der Waals surface area contributed by atoms with Crippen molar-refractivity contribution in [2.24, 2.45) is 0 Å². The number of ether oxygens (including phenoxy) is 1. The molecular weight excluding hydrogens is 396 g/mol. The molecule has 31 heavy (non-hydrogen) atoms. The molecule has 3 aromatic carbocycles. The minimum absolute atomic E-state index is 0.185. The second kappa shape index (κ2) is 8.41. The Hall–Kier alpha value is -3.97. The SMILES string of the molecule is O=C1CN(C(=O)COC(=O)C(O)(c2ccccc2)c2ccccc2)c2ccccc2N1. The van der Waals surface area contributed by atoms with Crippen molar-refractivity contribution in [1.82, 2.24) is 0 Å². The Bertz CT molecular complexity index is 1080. The van der Waals surface area contributed by atoms with Gasteiger partial charge in [0.25, 0.3) is 5.91 Å². The first-order valence-electron chi connectivity index (χ1n) is 9.70. The normalized spacial score (nSPS) is 13.2. The van der Waals surface area contributed by atoms with Gasteiger partial charge in [-0.2, -0.15) is 0 Å². The highest BCUT2D eigenvalue weighted by molar-refractivity contribution is 6.10. The van der Waals surface area contributed by atoms with Crippen LogP contribution >= 0.6 is 0 Å². The van der Waals surface area contributed by atoms with Crippen molar-refractivity contribution in [2.75, 3.05) is 23.4 Å². The summed E-state index contributed by atoms with van der Waals surface area (Å²) in [4.78, 5) is 39.0. The summed E-state index contributed by atoms with van der Waals surface area (Å²) in [5, 5.41) is 14.1. The number of fused-ring (bicyclic) bond motifs is 1. The number of para-hydroxylation sites is 2. The molecule has 7 heteroatoms. The van der Waals surface area contributed by atoms with Gasteiger partial charge in [0.1, 0.15) is 6.54 Å². The smallest absolute Gasteiger partial charge is 0.348 e. The number of carbonyl (C=O) groups is 3. The van der Waals surface area contributed by atoms with Crippen LogP contribution in [-0.4, -0.2) is 36.0 Å². The highest BCUT2D eigenvalue weighted by Crippen LogP contribution is 2.32. The van der Waals surface area contributed by atoms with Crippen LogP contribution in [0.1, 0.15) is 11.1 Å². The third-order valence-corrected chi connectivity index (χ3v) is 5.08. The summed E-state index contributed by atoms with van der Waals surface area (Å²) in [5.74, 6) is -1.89. The molecule has 1 heterocycles. The van der Waals surface area contributed by atoms with Gasteiger partial charge in [-0.15, -0.1) is 0 Å². The van der Waals surface area contributed by atoms with Crippen molar-refractivity contribution in [3.05, 3.63) is 96.1 Å². The van der Waals surface area contributed by atoms with Crippen molar-refractivity contribution in [1.29, 1.82) is 0 Å². The Morgan fingerprint density at radius 1 is 0.903 bits per heavy atom. The van der Waals surface area contributed by atoms with Crippen LogP contribution in [0.15, 0.2) is 84.9 Å². The van der Waals surface area contributed by atoms with Gasteiger partial charge in [0, 0.05) is 0 Å². The third kappa shape index (κ3) is 3.91. The fourth-order valence-corrected chi connectivity index (χ4v) is 3.53. The summed E-state index contributed by atoms with van der Waals surface area (Å²) in [5.41, 5.74) is -0.421.